The molecule has 1 aromatic rings. The lowest BCUT2D eigenvalue weighted by atomic mass is 10.1. The van der Waals surface area contributed by atoms with E-state index in [1.165, 1.54) is 10.9 Å². The van der Waals surface area contributed by atoms with Gasteiger partial charge in [0.2, 0.25) is 0 Å². The van der Waals surface area contributed by atoms with Gasteiger partial charge in [0.1, 0.15) is 12.2 Å². The number of carbonyl (C=O) groups is 1. The predicted molar refractivity (Wildman–Crippen MR) is 71.2 cm³/mol. The maximum Gasteiger partial charge on any atom is 0.272 e. The molecule has 4 atom stereocenters. The molecule has 8 heteroatoms. The number of carbonyl (C=O) groups excluding carboxylic acids is 1. The highest BCUT2D eigenvalue weighted by Crippen LogP contribution is 2.32. The highest BCUT2D eigenvalue weighted by molar-refractivity contribution is 5.96. The molecule has 3 heterocycles. The van der Waals surface area contributed by atoms with Gasteiger partial charge in [0.15, 0.2) is 11.9 Å². The van der Waals surface area contributed by atoms with Crippen LogP contribution in [0, 0.1) is 0 Å². The first-order chi connectivity index (χ1) is 10.1. The summed E-state index contributed by atoms with van der Waals surface area (Å²) in [4.78, 5) is 15.9. The molecule has 1 fully saturated rings. The molecule has 21 heavy (non-hydrogen) atoms. The minimum absolute atomic E-state index is 0.147. The van der Waals surface area contributed by atoms with Gasteiger partial charge in [0.25, 0.3) is 5.91 Å². The Balaban J connectivity index is 1.93. The molecule has 1 amide bonds. The van der Waals surface area contributed by atoms with Gasteiger partial charge in [-0.25, -0.2) is 4.98 Å². The molecule has 2 aliphatic heterocycles. The molecule has 2 aliphatic rings. The fourth-order valence-electron chi connectivity index (χ4n) is 2.64. The molecular formula is C13H17N3O5. The van der Waals surface area contributed by atoms with Crippen LogP contribution in [0.15, 0.2) is 12.4 Å². The minimum Gasteiger partial charge on any atom is -0.396 e. The second-order valence-corrected chi connectivity index (χ2v) is 5.06. The molecule has 1 saturated heterocycles. The molecule has 0 saturated carbocycles. The zero-order chi connectivity index (χ0) is 15.0. The Morgan fingerprint density at radius 1 is 1.43 bits per heavy atom. The van der Waals surface area contributed by atoms with Crippen LogP contribution < -0.4 is 5.32 Å². The number of imidazole rings is 1. The molecular weight excluding hydrogens is 278 g/mol. The van der Waals surface area contributed by atoms with Crippen LogP contribution in [0.25, 0.3) is 6.08 Å². The fraction of sp³-hybridized carbons (Fsp3) is 0.538. The maximum atomic E-state index is 11.8. The predicted octanol–water partition coefficient (Wildman–Crippen LogP) is -1.36. The average Bonchev–Trinajstić information content (AvgIpc) is 2.94. The summed E-state index contributed by atoms with van der Waals surface area (Å²) in [6.45, 7) is 0.255. The van der Waals surface area contributed by atoms with E-state index in [9.17, 15) is 15.0 Å². The van der Waals surface area contributed by atoms with Gasteiger partial charge in [0, 0.05) is 13.2 Å². The molecule has 4 N–H and O–H groups in total. The van der Waals surface area contributed by atoms with Crippen molar-refractivity contribution in [2.45, 2.75) is 31.0 Å². The first-order valence-electron chi connectivity index (χ1n) is 6.77. The lowest BCUT2D eigenvalue weighted by Crippen LogP contribution is -2.32. The van der Waals surface area contributed by atoms with Crippen LogP contribution in [0.5, 0.6) is 0 Å². The zero-order valence-electron chi connectivity index (χ0n) is 11.2. The number of nitrogens with zero attached hydrogens (tertiary/aromatic N) is 2. The van der Waals surface area contributed by atoms with Crippen molar-refractivity contribution in [3.8, 4) is 0 Å². The SMILES string of the molecule is O=C1NCC=Cc2c1ncn2[C@@H]1O[C@H](CCO)[C@@H](O)[C@H]1O. The van der Waals surface area contributed by atoms with Crippen molar-refractivity contribution in [3.05, 3.63) is 23.8 Å². The molecule has 0 radical (unpaired) electrons. The summed E-state index contributed by atoms with van der Waals surface area (Å²) in [6, 6.07) is 0. The van der Waals surface area contributed by atoms with Crippen LogP contribution in [0.4, 0.5) is 0 Å². The number of hydrogen-bond donors (Lipinski definition) is 4. The summed E-state index contributed by atoms with van der Waals surface area (Å²) in [6.07, 6.45) is 1.37. The molecule has 0 aliphatic carbocycles. The first kappa shape index (κ1) is 14.2. The summed E-state index contributed by atoms with van der Waals surface area (Å²) >= 11 is 0. The average molecular weight is 295 g/mol. The van der Waals surface area contributed by atoms with E-state index in [1.54, 1.807) is 12.2 Å². The quantitative estimate of drug-likeness (QED) is 0.547. The van der Waals surface area contributed by atoms with Crippen LogP contribution in [0.2, 0.25) is 0 Å². The normalized spacial score (nSPS) is 31.9. The third kappa shape index (κ3) is 2.36. The molecule has 0 bridgehead atoms. The Bertz CT molecular complexity index is 570. The summed E-state index contributed by atoms with van der Waals surface area (Å²) in [5, 5.41) is 31.7. The topological polar surface area (TPSA) is 117 Å². The Labute approximate surface area is 120 Å². The van der Waals surface area contributed by atoms with Crippen molar-refractivity contribution < 1.29 is 24.9 Å². The molecule has 1 aromatic heterocycles. The van der Waals surface area contributed by atoms with E-state index in [4.69, 9.17) is 9.84 Å². The number of amides is 1. The lowest BCUT2D eigenvalue weighted by Gasteiger charge is -2.18. The minimum atomic E-state index is -1.15. The van der Waals surface area contributed by atoms with Gasteiger partial charge in [-0.3, -0.25) is 4.79 Å². The van der Waals surface area contributed by atoms with Crippen molar-refractivity contribution in [2.75, 3.05) is 13.2 Å². The molecule has 8 nitrogen and oxygen atoms in total. The van der Waals surface area contributed by atoms with E-state index in [2.05, 4.69) is 10.3 Å². The van der Waals surface area contributed by atoms with Crippen LogP contribution >= 0.6 is 0 Å². The van der Waals surface area contributed by atoms with Crippen molar-refractivity contribution in [1.29, 1.82) is 0 Å². The Morgan fingerprint density at radius 3 is 3.00 bits per heavy atom. The highest BCUT2D eigenvalue weighted by Gasteiger charge is 2.44. The Kier molecular flexibility index (Phi) is 3.77. The molecule has 114 valence electrons. The van der Waals surface area contributed by atoms with E-state index < -0.39 is 24.5 Å². The monoisotopic (exact) mass is 295 g/mol. The van der Waals surface area contributed by atoms with Gasteiger partial charge in [-0.05, 0) is 12.5 Å². The van der Waals surface area contributed by atoms with Crippen LogP contribution in [0.1, 0.15) is 28.8 Å². The van der Waals surface area contributed by atoms with Crippen LogP contribution in [0.3, 0.4) is 0 Å². The zero-order valence-corrected chi connectivity index (χ0v) is 11.2. The van der Waals surface area contributed by atoms with E-state index in [-0.39, 0.29) is 24.6 Å². The lowest BCUT2D eigenvalue weighted by molar-refractivity contribution is -0.0428. The van der Waals surface area contributed by atoms with Crippen molar-refractivity contribution >= 4 is 12.0 Å². The van der Waals surface area contributed by atoms with Gasteiger partial charge in [-0.15, -0.1) is 0 Å². The van der Waals surface area contributed by atoms with E-state index >= 15 is 0 Å². The highest BCUT2D eigenvalue weighted by atomic mass is 16.6. The Morgan fingerprint density at radius 2 is 2.24 bits per heavy atom. The number of ether oxygens (including phenoxy) is 1. The van der Waals surface area contributed by atoms with Gasteiger partial charge < -0.3 is 29.9 Å². The van der Waals surface area contributed by atoms with E-state index in [0.717, 1.165) is 0 Å². The summed E-state index contributed by atoms with van der Waals surface area (Å²) in [5.41, 5.74) is 0.769. The van der Waals surface area contributed by atoms with Gasteiger partial charge >= 0.3 is 0 Å². The number of hydrogen-bond acceptors (Lipinski definition) is 6. The number of aliphatic hydroxyl groups excluding tert-OH is 3. The maximum absolute atomic E-state index is 11.8. The largest absolute Gasteiger partial charge is 0.396 e. The fourth-order valence-corrected chi connectivity index (χ4v) is 2.64. The van der Waals surface area contributed by atoms with Crippen molar-refractivity contribution in [3.63, 3.8) is 0 Å². The standard InChI is InChI=1S/C13H17N3O5/c17-5-3-8-10(18)11(19)13(21-8)16-6-15-9-7(16)2-1-4-14-12(9)20/h1-2,6,8,10-11,13,17-19H,3-5H2,(H,14,20)/t8-,10-,11-,13-/m1/s1. The third-order valence-corrected chi connectivity index (χ3v) is 3.73. The van der Waals surface area contributed by atoms with Gasteiger partial charge in [-0.2, -0.15) is 0 Å². The van der Waals surface area contributed by atoms with E-state index in [0.29, 0.717) is 12.2 Å². The summed E-state index contributed by atoms with van der Waals surface area (Å²) in [5.74, 6) is -0.298. The summed E-state index contributed by atoms with van der Waals surface area (Å²) < 4.78 is 7.14. The number of rotatable bonds is 3. The molecule has 3 rings (SSSR count). The number of nitrogens with one attached hydrogen (secondary N) is 1. The molecule has 0 aromatic carbocycles. The van der Waals surface area contributed by atoms with Crippen molar-refractivity contribution in [2.24, 2.45) is 0 Å². The first-order valence-corrected chi connectivity index (χ1v) is 6.77. The van der Waals surface area contributed by atoms with Crippen molar-refractivity contribution in [1.82, 2.24) is 14.9 Å². The molecule has 0 spiro atoms. The second-order valence-electron chi connectivity index (χ2n) is 5.06. The van der Waals surface area contributed by atoms with Gasteiger partial charge in [-0.1, -0.05) is 6.08 Å². The number of aliphatic hydroxyl groups is 3. The Hall–Kier alpha value is -1.74. The van der Waals surface area contributed by atoms with E-state index in [1.807, 2.05) is 0 Å². The number of aromatic nitrogens is 2. The van der Waals surface area contributed by atoms with Crippen LogP contribution in [-0.4, -0.2) is 62.2 Å². The number of fused-ring (bicyclic) bond motifs is 1. The second kappa shape index (κ2) is 5.57. The van der Waals surface area contributed by atoms with Crippen LogP contribution in [-0.2, 0) is 4.74 Å². The summed E-state index contributed by atoms with van der Waals surface area (Å²) in [7, 11) is 0. The van der Waals surface area contributed by atoms with Gasteiger partial charge in [0.05, 0.1) is 18.1 Å². The third-order valence-electron chi connectivity index (χ3n) is 3.73. The smallest absolute Gasteiger partial charge is 0.272 e. The molecule has 0 unspecified atom stereocenters.